The molecular weight excluding hydrogens is 250 g/mol. The van der Waals surface area contributed by atoms with Crippen molar-refractivity contribution in [2.24, 2.45) is 5.92 Å². The van der Waals surface area contributed by atoms with Gasteiger partial charge in [0.05, 0.1) is 5.69 Å². The summed E-state index contributed by atoms with van der Waals surface area (Å²) in [4.78, 5) is 25.8. The zero-order chi connectivity index (χ0) is 14.5. The fourth-order valence-corrected chi connectivity index (χ4v) is 2.70. The number of unbranched alkanes of at least 4 members (excludes halogenated alkanes) is 3. The summed E-state index contributed by atoms with van der Waals surface area (Å²) in [6.07, 6.45) is 5.80. The zero-order valence-corrected chi connectivity index (χ0v) is 12.4. The number of carbonyl (C=O) groups is 2. The molecule has 0 aliphatic carbocycles. The van der Waals surface area contributed by atoms with Crippen LogP contribution < -0.4 is 4.90 Å². The van der Waals surface area contributed by atoms with Crippen LogP contribution in [0.4, 0.5) is 5.69 Å². The Balaban J connectivity index is 2.00. The first-order valence-electron chi connectivity index (χ1n) is 7.57. The first kappa shape index (κ1) is 14.8. The van der Waals surface area contributed by atoms with Crippen molar-refractivity contribution >= 4 is 17.5 Å². The average Bonchev–Trinajstić information content (AvgIpc) is 2.71. The van der Waals surface area contributed by atoms with Gasteiger partial charge in [-0.25, -0.2) is 0 Å². The van der Waals surface area contributed by atoms with E-state index in [4.69, 9.17) is 0 Å². The third-order valence-corrected chi connectivity index (χ3v) is 3.94. The van der Waals surface area contributed by atoms with Gasteiger partial charge in [0.15, 0.2) is 0 Å². The average molecular weight is 273 g/mol. The lowest BCUT2D eigenvalue weighted by Gasteiger charge is -2.15. The molecule has 0 N–H and O–H groups in total. The predicted molar refractivity (Wildman–Crippen MR) is 80.5 cm³/mol. The summed E-state index contributed by atoms with van der Waals surface area (Å²) >= 11 is 0. The normalized spacial score (nSPS) is 18.9. The topological polar surface area (TPSA) is 37.4 Å². The first-order valence-corrected chi connectivity index (χ1v) is 7.57. The molecule has 2 rings (SSSR count). The Morgan fingerprint density at radius 3 is 2.45 bits per heavy atom. The Hall–Kier alpha value is -1.64. The SMILES string of the molecule is CCCCCCC1CC(=O)N(c2ccc(C)cc2)C1=O. The fourth-order valence-electron chi connectivity index (χ4n) is 2.70. The number of hydrogen-bond acceptors (Lipinski definition) is 2. The van der Waals surface area contributed by atoms with Crippen LogP contribution in [-0.4, -0.2) is 11.8 Å². The summed E-state index contributed by atoms with van der Waals surface area (Å²) in [5, 5.41) is 0. The van der Waals surface area contributed by atoms with Gasteiger partial charge >= 0.3 is 0 Å². The molecule has 0 saturated carbocycles. The van der Waals surface area contributed by atoms with Gasteiger partial charge in [-0.15, -0.1) is 0 Å². The highest BCUT2D eigenvalue weighted by atomic mass is 16.2. The van der Waals surface area contributed by atoms with E-state index in [2.05, 4.69) is 6.92 Å². The number of rotatable bonds is 6. The lowest BCUT2D eigenvalue weighted by atomic mass is 9.99. The molecule has 1 aromatic rings. The maximum absolute atomic E-state index is 12.4. The van der Waals surface area contributed by atoms with Crippen LogP contribution in [0.1, 0.15) is 51.0 Å². The highest BCUT2D eigenvalue weighted by Crippen LogP contribution is 2.29. The van der Waals surface area contributed by atoms with Crippen LogP contribution in [0.2, 0.25) is 0 Å². The van der Waals surface area contributed by atoms with Crippen molar-refractivity contribution in [2.75, 3.05) is 4.90 Å². The van der Waals surface area contributed by atoms with E-state index in [1.165, 1.54) is 17.7 Å². The minimum absolute atomic E-state index is 0.0182. The van der Waals surface area contributed by atoms with Crippen molar-refractivity contribution in [1.29, 1.82) is 0 Å². The number of hydrogen-bond donors (Lipinski definition) is 0. The number of amides is 2. The Morgan fingerprint density at radius 1 is 1.10 bits per heavy atom. The lowest BCUT2D eigenvalue weighted by Crippen LogP contribution is -2.30. The molecule has 1 fully saturated rings. The molecule has 1 saturated heterocycles. The largest absolute Gasteiger partial charge is 0.274 e. The molecule has 20 heavy (non-hydrogen) atoms. The molecular formula is C17H23NO2. The second-order valence-electron chi connectivity index (χ2n) is 5.65. The zero-order valence-electron chi connectivity index (χ0n) is 12.4. The van der Waals surface area contributed by atoms with Gasteiger partial charge in [0.2, 0.25) is 11.8 Å². The standard InChI is InChI=1S/C17H23NO2/c1-3-4-5-6-7-14-12-16(19)18(17(14)20)15-10-8-13(2)9-11-15/h8-11,14H,3-7,12H2,1-2H3. The van der Waals surface area contributed by atoms with Gasteiger partial charge in [-0.3, -0.25) is 14.5 Å². The Labute approximate surface area is 121 Å². The predicted octanol–water partition coefficient (Wildman–Crippen LogP) is 3.84. The highest BCUT2D eigenvalue weighted by Gasteiger charge is 2.38. The second-order valence-corrected chi connectivity index (χ2v) is 5.65. The molecule has 108 valence electrons. The fraction of sp³-hybridized carbons (Fsp3) is 0.529. The molecule has 1 heterocycles. The van der Waals surface area contributed by atoms with Gasteiger partial charge in [0.1, 0.15) is 0 Å². The van der Waals surface area contributed by atoms with Crippen LogP contribution in [0, 0.1) is 12.8 Å². The second kappa shape index (κ2) is 6.69. The van der Waals surface area contributed by atoms with Crippen molar-refractivity contribution < 1.29 is 9.59 Å². The monoisotopic (exact) mass is 273 g/mol. The summed E-state index contributed by atoms with van der Waals surface area (Å²) in [7, 11) is 0. The van der Waals surface area contributed by atoms with E-state index in [9.17, 15) is 9.59 Å². The molecule has 1 unspecified atom stereocenters. The number of nitrogens with zero attached hydrogens (tertiary/aromatic N) is 1. The Morgan fingerprint density at radius 2 is 1.80 bits per heavy atom. The molecule has 1 aliphatic heterocycles. The van der Waals surface area contributed by atoms with Crippen LogP contribution >= 0.6 is 0 Å². The summed E-state index contributed by atoms with van der Waals surface area (Å²) in [5.74, 6) is -0.185. The highest BCUT2D eigenvalue weighted by molar-refractivity contribution is 6.20. The maximum atomic E-state index is 12.4. The molecule has 3 nitrogen and oxygen atoms in total. The molecule has 0 spiro atoms. The minimum atomic E-state index is -0.111. The summed E-state index contributed by atoms with van der Waals surface area (Å²) in [6, 6.07) is 7.57. The van der Waals surface area contributed by atoms with Crippen LogP contribution in [0.5, 0.6) is 0 Å². The quantitative estimate of drug-likeness (QED) is 0.583. The minimum Gasteiger partial charge on any atom is -0.274 e. The third-order valence-electron chi connectivity index (χ3n) is 3.94. The van der Waals surface area contributed by atoms with E-state index in [-0.39, 0.29) is 17.7 Å². The van der Waals surface area contributed by atoms with Gasteiger partial charge in [-0.05, 0) is 25.5 Å². The molecule has 2 amide bonds. The number of carbonyl (C=O) groups excluding carboxylic acids is 2. The van der Waals surface area contributed by atoms with Crippen LogP contribution in [0.3, 0.4) is 0 Å². The summed E-state index contributed by atoms with van der Waals surface area (Å²) in [5.41, 5.74) is 1.84. The Kier molecular flexibility index (Phi) is 4.94. The third kappa shape index (κ3) is 3.27. The van der Waals surface area contributed by atoms with E-state index >= 15 is 0 Å². The summed E-state index contributed by atoms with van der Waals surface area (Å²) in [6.45, 7) is 4.16. The molecule has 0 aromatic heterocycles. The number of aryl methyl sites for hydroxylation is 1. The van der Waals surface area contributed by atoms with E-state index < -0.39 is 0 Å². The van der Waals surface area contributed by atoms with E-state index in [0.29, 0.717) is 12.1 Å². The van der Waals surface area contributed by atoms with E-state index in [1.54, 1.807) is 0 Å². The summed E-state index contributed by atoms with van der Waals surface area (Å²) < 4.78 is 0. The Bertz CT molecular complexity index is 478. The number of imide groups is 1. The van der Waals surface area contributed by atoms with Gasteiger partial charge in [-0.2, -0.15) is 0 Å². The van der Waals surface area contributed by atoms with Gasteiger partial charge in [-0.1, -0.05) is 50.3 Å². The number of anilines is 1. The molecule has 1 atom stereocenters. The van der Waals surface area contributed by atoms with E-state index in [0.717, 1.165) is 24.8 Å². The van der Waals surface area contributed by atoms with Crippen LogP contribution in [0.25, 0.3) is 0 Å². The lowest BCUT2D eigenvalue weighted by molar-refractivity contribution is -0.122. The molecule has 0 bridgehead atoms. The smallest absolute Gasteiger partial charge is 0.237 e. The molecule has 1 aromatic carbocycles. The molecule has 0 radical (unpaired) electrons. The van der Waals surface area contributed by atoms with Crippen LogP contribution in [0.15, 0.2) is 24.3 Å². The number of benzene rings is 1. The maximum Gasteiger partial charge on any atom is 0.237 e. The van der Waals surface area contributed by atoms with E-state index in [1.807, 2.05) is 31.2 Å². The van der Waals surface area contributed by atoms with Gasteiger partial charge in [0.25, 0.3) is 0 Å². The van der Waals surface area contributed by atoms with Crippen LogP contribution in [-0.2, 0) is 9.59 Å². The van der Waals surface area contributed by atoms with Crippen molar-refractivity contribution in [3.63, 3.8) is 0 Å². The van der Waals surface area contributed by atoms with Crippen molar-refractivity contribution in [3.8, 4) is 0 Å². The molecule has 1 aliphatic rings. The van der Waals surface area contributed by atoms with Gasteiger partial charge < -0.3 is 0 Å². The molecule has 3 heteroatoms. The first-order chi connectivity index (χ1) is 9.63. The van der Waals surface area contributed by atoms with Crippen molar-refractivity contribution in [1.82, 2.24) is 0 Å². The van der Waals surface area contributed by atoms with Crippen molar-refractivity contribution in [3.05, 3.63) is 29.8 Å². The van der Waals surface area contributed by atoms with Gasteiger partial charge in [0, 0.05) is 12.3 Å². The van der Waals surface area contributed by atoms with Crippen molar-refractivity contribution in [2.45, 2.75) is 52.4 Å².